The SMILES string of the molecule is O=C(CN1C[C@@H]2CCC[C@@]2(C(=O)O)C1)NCCOc1ccc(F)cc1. The van der Waals surface area contributed by atoms with E-state index >= 15 is 0 Å². The predicted octanol–water partition coefficient (Wildman–Crippen LogP) is 1.51. The number of fused-ring (bicyclic) bond motifs is 1. The second-order valence-corrected chi connectivity index (χ2v) is 6.87. The fraction of sp³-hybridized carbons (Fsp3) is 0.556. The molecule has 0 radical (unpaired) electrons. The minimum atomic E-state index is -0.731. The number of carbonyl (C=O) groups is 2. The number of nitrogens with zero attached hydrogens (tertiary/aromatic N) is 1. The predicted molar refractivity (Wildman–Crippen MR) is 88.8 cm³/mol. The lowest BCUT2D eigenvalue weighted by molar-refractivity contribution is -0.149. The molecule has 2 fully saturated rings. The molecule has 1 aromatic carbocycles. The first-order chi connectivity index (χ1) is 12.0. The van der Waals surface area contributed by atoms with Gasteiger partial charge in [0.25, 0.3) is 0 Å². The molecule has 25 heavy (non-hydrogen) atoms. The molecular weight excluding hydrogens is 327 g/mol. The normalized spacial score (nSPS) is 25.6. The number of benzene rings is 1. The number of amides is 1. The van der Waals surface area contributed by atoms with Crippen LogP contribution in [-0.4, -0.2) is 54.7 Å². The minimum Gasteiger partial charge on any atom is -0.492 e. The van der Waals surface area contributed by atoms with Gasteiger partial charge in [0, 0.05) is 13.1 Å². The van der Waals surface area contributed by atoms with Gasteiger partial charge in [0.2, 0.25) is 5.91 Å². The monoisotopic (exact) mass is 350 g/mol. The lowest BCUT2D eigenvalue weighted by atomic mass is 9.81. The Morgan fingerprint density at radius 2 is 2.12 bits per heavy atom. The number of carboxylic acids is 1. The van der Waals surface area contributed by atoms with Gasteiger partial charge >= 0.3 is 5.97 Å². The molecule has 136 valence electrons. The Bertz CT molecular complexity index is 636. The lowest BCUT2D eigenvalue weighted by Gasteiger charge is -2.23. The average molecular weight is 350 g/mol. The topological polar surface area (TPSA) is 78.9 Å². The largest absolute Gasteiger partial charge is 0.492 e. The van der Waals surface area contributed by atoms with Crippen molar-refractivity contribution < 1.29 is 23.8 Å². The second kappa shape index (κ2) is 7.39. The third kappa shape index (κ3) is 3.92. The minimum absolute atomic E-state index is 0.136. The molecule has 0 spiro atoms. The average Bonchev–Trinajstić information content (AvgIpc) is 3.11. The third-order valence-electron chi connectivity index (χ3n) is 5.24. The molecule has 2 N–H and O–H groups in total. The van der Waals surface area contributed by atoms with Crippen molar-refractivity contribution in [1.29, 1.82) is 0 Å². The summed E-state index contributed by atoms with van der Waals surface area (Å²) in [7, 11) is 0. The van der Waals surface area contributed by atoms with E-state index in [4.69, 9.17) is 4.74 Å². The first-order valence-corrected chi connectivity index (χ1v) is 8.60. The maximum atomic E-state index is 12.8. The van der Waals surface area contributed by atoms with Gasteiger partial charge in [-0.25, -0.2) is 4.39 Å². The van der Waals surface area contributed by atoms with E-state index in [2.05, 4.69) is 5.32 Å². The summed E-state index contributed by atoms with van der Waals surface area (Å²) in [6, 6.07) is 5.70. The maximum Gasteiger partial charge on any atom is 0.311 e. The number of ether oxygens (including phenoxy) is 1. The van der Waals surface area contributed by atoms with Crippen LogP contribution in [0.3, 0.4) is 0 Å². The number of carboxylic acid groups (broad SMARTS) is 1. The molecule has 1 aliphatic heterocycles. The van der Waals surface area contributed by atoms with Crippen molar-refractivity contribution in [2.24, 2.45) is 11.3 Å². The molecule has 1 aliphatic carbocycles. The molecule has 0 aromatic heterocycles. The van der Waals surface area contributed by atoms with Gasteiger partial charge in [-0.2, -0.15) is 0 Å². The Morgan fingerprint density at radius 1 is 1.36 bits per heavy atom. The zero-order valence-electron chi connectivity index (χ0n) is 14.0. The van der Waals surface area contributed by atoms with Crippen molar-refractivity contribution in [3.63, 3.8) is 0 Å². The van der Waals surface area contributed by atoms with Crippen LogP contribution in [0.2, 0.25) is 0 Å². The summed E-state index contributed by atoms with van der Waals surface area (Å²) in [6.07, 6.45) is 2.59. The number of hydrogen-bond acceptors (Lipinski definition) is 4. The van der Waals surface area contributed by atoms with Gasteiger partial charge in [0.15, 0.2) is 0 Å². The van der Waals surface area contributed by atoms with Crippen LogP contribution in [0.5, 0.6) is 5.75 Å². The van der Waals surface area contributed by atoms with Crippen molar-refractivity contribution in [2.45, 2.75) is 19.3 Å². The molecular formula is C18H23FN2O4. The Labute approximate surface area is 146 Å². The van der Waals surface area contributed by atoms with Crippen molar-refractivity contribution in [3.8, 4) is 5.75 Å². The van der Waals surface area contributed by atoms with Crippen molar-refractivity contribution >= 4 is 11.9 Å². The highest BCUT2D eigenvalue weighted by Gasteiger charge is 2.54. The van der Waals surface area contributed by atoms with Crippen LogP contribution in [0, 0.1) is 17.2 Å². The molecule has 3 rings (SSSR count). The molecule has 6 nitrogen and oxygen atoms in total. The summed E-state index contributed by atoms with van der Waals surface area (Å²) in [5, 5.41) is 12.3. The van der Waals surface area contributed by atoms with Gasteiger partial charge < -0.3 is 15.2 Å². The molecule has 7 heteroatoms. The summed E-state index contributed by atoms with van der Waals surface area (Å²) in [6.45, 7) is 1.97. The first kappa shape index (κ1) is 17.7. The first-order valence-electron chi connectivity index (χ1n) is 8.60. The van der Waals surface area contributed by atoms with E-state index in [0.29, 0.717) is 38.4 Å². The van der Waals surface area contributed by atoms with Crippen LogP contribution in [0.15, 0.2) is 24.3 Å². The van der Waals surface area contributed by atoms with Crippen LogP contribution >= 0.6 is 0 Å². The van der Waals surface area contributed by atoms with Gasteiger partial charge in [0.05, 0.1) is 18.5 Å². The second-order valence-electron chi connectivity index (χ2n) is 6.87. The van der Waals surface area contributed by atoms with E-state index in [0.717, 1.165) is 12.8 Å². The van der Waals surface area contributed by atoms with Crippen LogP contribution in [0.4, 0.5) is 4.39 Å². The zero-order chi connectivity index (χ0) is 17.9. The Kier molecular flexibility index (Phi) is 5.22. The van der Waals surface area contributed by atoms with E-state index < -0.39 is 11.4 Å². The number of likely N-dealkylation sites (tertiary alicyclic amines) is 1. The van der Waals surface area contributed by atoms with E-state index in [1.54, 1.807) is 0 Å². The highest BCUT2D eigenvalue weighted by molar-refractivity contribution is 5.79. The van der Waals surface area contributed by atoms with Gasteiger partial charge in [-0.15, -0.1) is 0 Å². The summed E-state index contributed by atoms with van der Waals surface area (Å²) in [5.41, 5.74) is -0.661. The van der Waals surface area contributed by atoms with Gasteiger partial charge in [-0.3, -0.25) is 14.5 Å². The van der Waals surface area contributed by atoms with E-state index in [1.807, 2.05) is 4.90 Å². The number of halogens is 1. The molecule has 2 aliphatic rings. The number of hydrogen-bond donors (Lipinski definition) is 2. The van der Waals surface area contributed by atoms with E-state index in [1.165, 1.54) is 24.3 Å². The van der Waals surface area contributed by atoms with Crippen molar-refractivity contribution in [2.75, 3.05) is 32.8 Å². The summed E-state index contributed by atoms with van der Waals surface area (Å²) in [5.74, 6) is -0.491. The zero-order valence-corrected chi connectivity index (χ0v) is 14.0. The van der Waals surface area contributed by atoms with E-state index in [-0.39, 0.29) is 24.2 Å². The highest BCUT2D eigenvalue weighted by atomic mass is 19.1. The number of carbonyl (C=O) groups excluding carboxylic acids is 1. The van der Waals surface area contributed by atoms with Crippen LogP contribution in [0.25, 0.3) is 0 Å². The lowest BCUT2D eigenvalue weighted by Crippen LogP contribution is -2.40. The van der Waals surface area contributed by atoms with Crippen LogP contribution < -0.4 is 10.1 Å². The maximum absolute atomic E-state index is 12.8. The molecule has 0 unspecified atom stereocenters. The van der Waals surface area contributed by atoms with Crippen LogP contribution in [0.1, 0.15) is 19.3 Å². The molecule has 1 aromatic rings. The quantitative estimate of drug-likeness (QED) is 0.729. The summed E-state index contributed by atoms with van der Waals surface area (Å²) < 4.78 is 18.2. The highest BCUT2D eigenvalue weighted by Crippen LogP contribution is 2.48. The Hall–Kier alpha value is -2.15. The smallest absolute Gasteiger partial charge is 0.311 e. The third-order valence-corrected chi connectivity index (χ3v) is 5.24. The number of aliphatic carboxylic acids is 1. The summed E-state index contributed by atoms with van der Waals surface area (Å²) in [4.78, 5) is 25.6. The standard InChI is InChI=1S/C18H23FN2O4/c19-14-3-5-15(6-4-14)25-9-8-20-16(22)11-21-10-13-2-1-7-18(13,12-21)17(23)24/h3-6,13H,1-2,7-12H2,(H,20,22)(H,23,24)/t13-,18+/m0/s1. The molecule has 1 saturated carbocycles. The summed E-state index contributed by atoms with van der Waals surface area (Å²) >= 11 is 0. The number of rotatable bonds is 7. The molecule has 1 saturated heterocycles. The Morgan fingerprint density at radius 3 is 2.80 bits per heavy atom. The fourth-order valence-corrected chi connectivity index (χ4v) is 4.01. The van der Waals surface area contributed by atoms with Gasteiger partial charge in [-0.1, -0.05) is 6.42 Å². The molecule has 1 heterocycles. The molecule has 2 atom stereocenters. The fourth-order valence-electron chi connectivity index (χ4n) is 4.01. The van der Waals surface area contributed by atoms with Crippen molar-refractivity contribution in [3.05, 3.63) is 30.1 Å². The van der Waals surface area contributed by atoms with Crippen molar-refractivity contribution in [1.82, 2.24) is 10.2 Å². The van der Waals surface area contributed by atoms with E-state index in [9.17, 15) is 19.1 Å². The van der Waals surface area contributed by atoms with Crippen LogP contribution in [-0.2, 0) is 9.59 Å². The van der Waals surface area contributed by atoms with Gasteiger partial charge in [-0.05, 0) is 43.0 Å². The molecule has 1 amide bonds. The number of nitrogens with one attached hydrogen (secondary N) is 1. The molecule has 0 bridgehead atoms. The Balaban J connectivity index is 1.38. The van der Waals surface area contributed by atoms with Gasteiger partial charge in [0.1, 0.15) is 18.2 Å².